The van der Waals surface area contributed by atoms with E-state index in [1.165, 1.54) is 0 Å². The van der Waals surface area contributed by atoms with Gasteiger partial charge in [-0.15, -0.1) is 0 Å². The van der Waals surface area contributed by atoms with E-state index in [0.717, 1.165) is 12.0 Å². The number of halogens is 1. The second-order valence-electron chi connectivity index (χ2n) is 4.38. The lowest BCUT2D eigenvalue weighted by Gasteiger charge is -2.32. The Balaban J connectivity index is 2.03. The number of hydrogen-bond donors (Lipinski definition) is 1. The molecule has 0 saturated carbocycles. The first-order valence-electron chi connectivity index (χ1n) is 6.03. The molecule has 0 spiro atoms. The van der Waals surface area contributed by atoms with E-state index in [0.29, 0.717) is 24.7 Å². The highest BCUT2D eigenvalue weighted by Crippen LogP contribution is 2.19. The lowest BCUT2D eigenvalue weighted by molar-refractivity contribution is -0.149. The van der Waals surface area contributed by atoms with E-state index in [1.807, 2.05) is 24.3 Å². The molecule has 1 saturated heterocycles. The summed E-state index contributed by atoms with van der Waals surface area (Å²) in [5.74, 6) is 0.00295. The molecule has 5 heteroatoms. The minimum Gasteiger partial charge on any atom is -0.367 e. The first kappa shape index (κ1) is 13.3. The third kappa shape index (κ3) is 3.22. The van der Waals surface area contributed by atoms with Gasteiger partial charge in [-0.2, -0.15) is 0 Å². The molecule has 1 fully saturated rings. The summed E-state index contributed by atoms with van der Waals surface area (Å²) in [6.07, 6.45) is 0.807. The fraction of sp³-hybridized carbons (Fsp3) is 0.462. The monoisotopic (exact) mass is 268 g/mol. The van der Waals surface area contributed by atoms with E-state index in [2.05, 4.69) is 0 Å². The van der Waals surface area contributed by atoms with Crippen LogP contribution >= 0.6 is 11.6 Å². The highest BCUT2D eigenvalue weighted by Gasteiger charge is 2.26. The van der Waals surface area contributed by atoms with Crippen LogP contribution in [0.15, 0.2) is 24.3 Å². The fourth-order valence-electron chi connectivity index (χ4n) is 2.03. The number of rotatable bonds is 4. The summed E-state index contributed by atoms with van der Waals surface area (Å²) in [5, 5.41) is 0.687. The van der Waals surface area contributed by atoms with Crippen molar-refractivity contribution in [1.29, 1.82) is 0 Å². The quantitative estimate of drug-likeness (QED) is 0.898. The Morgan fingerprint density at radius 2 is 2.22 bits per heavy atom. The molecule has 1 aliphatic rings. The molecule has 1 aliphatic heterocycles. The lowest BCUT2D eigenvalue weighted by Crippen LogP contribution is -2.46. The van der Waals surface area contributed by atoms with Gasteiger partial charge in [0.05, 0.1) is 6.10 Å². The maximum absolute atomic E-state index is 11.8. The minimum absolute atomic E-state index is 0.00295. The smallest absolute Gasteiger partial charge is 0.248 e. The van der Waals surface area contributed by atoms with Crippen LogP contribution in [-0.2, 0) is 16.1 Å². The standard InChI is InChI=1S/C13H17ClN2O2/c14-12-4-2-1-3-10(12)7-16-8-11(5-6-15)18-9-13(16)17/h1-4,11H,5-9,15H2. The highest BCUT2D eigenvalue weighted by atomic mass is 35.5. The first-order valence-corrected chi connectivity index (χ1v) is 6.41. The Hall–Kier alpha value is -1.10. The van der Waals surface area contributed by atoms with Gasteiger partial charge in [0.25, 0.3) is 0 Å². The molecule has 1 aromatic rings. The van der Waals surface area contributed by atoms with Crippen LogP contribution in [0.3, 0.4) is 0 Å². The molecule has 0 aliphatic carbocycles. The summed E-state index contributed by atoms with van der Waals surface area (Å²) in [6, 6.07) is 7.57. The maximum Gasteiger partial charge on any atom is 0.248 e. The van der Waals surface area contributed by atoms with Crippen LogP contribution in [0.1, 0.15) is 12.0 Å². The summed E-state index contributed by atoms with van der Waals surface area (Å²) < 4.78 is 5.42. The number of benzene rings is 1. The second kappa shape index (κ2) is 6.18. The van der Waals surface area contributed by atoms with Gasteiger partial charge in [-0.3, -0.25) is 4.79 Å². The minimum atomic E-state index is 0.00295. The Morgan fingerprint density at radius 1 is 1.44 bits per heavy atom. The van der Waals surface area contributed by atoms with E-state index in [4.69, 9.17) is 22.1 Å². The van der Waals surface area contributed by atoms with Crippen molar-refractivity contribution in [2.24, 2.45) is 5.73 Å². The Labute approximate surface area is 112 Å². The van der Waals surface area contributed by atoms with Gasteiger partial charge in [-0.05, 0) is 24.6 Å². The third-order valence-electron chi connectivity index (χ3n) is 3.03. The molecular formula is C13H17ClN2O2. The van der Waals surface area contributed by atoms with E-state index in [-0.39, 0.29) is 18.6 Å². The van der Waals surface area contributed by atoms with E-state index >= 15 is 0 Å². The zero-order chi connectivity index (χ0) is 13.0. The van der Waals surface area contributed by atoms with Crippen LogP contribution in [-0.4, -0.2) is 36.6 Å². The number of nitrogens with zero attached hydrogens (tertiary/aromatic N) is 1. The molecule has 2 N–H and O–H groups in total. The van der Waals surface area contributed by atoms with Crippen LogP contribution in [0.25, 0.3) is 0 Å². The molecule has 1 unspecified atom stereocenters. The average Bonchev–Trinajstić information content (AvgIpc) is 2.36. The molecule has 2 rings (SSSR count). The number of amides is 1. The van der Waals surface area contributed by atoms with E-state index < -0.39 is 0 Å². The Morgan fingerprint density at radius 3 is 2.94 bits per heavy atom. The van der Waals surface area contributed by atoms with Crippen molar-refractivity contribution in [1.82, 2.24) is 4.90 Å². The zero-order valence-corrected chi connectivity index (χ0v) is 10.9. The molecule has 0 radical (unpaired) electrons. The number of morpholine rings is 1. The van der Waals surface area contributed by atoms with Gasteiger partial charge in [0.2, 0.25) is 5.91 Å². The predicted molar refractivity (Wildman–Crippen MR) is 70.3 cm³/mol. The van der Waals surface area contributed by atoms with Gasteiger partial charge in [0.15, 0.2) is 0 Å². The number of carbonyl (C=O) groups excluding carboxylic acids is 1. The Bertz CT molecular complexity index is 425. The number of hydrogen-bond acceptors (Lipinski definition) is 3. The molecule has 18 heavy (non-hydrogen) atoms. The molecule has 98 valence electrons. The van der Waals surface area contributed by atoms with Gasteiger partial charge < -0.3 is 15.4 Å². The molecule has 0 bridgehead atoms. The summed E-state index contributed by atoms with van der Waals surface area (Å²) in [5.41, 5.74) is 6.47. The lowest BCUT2D eigenvalue weighted by atomic mass is 10.1. The van der Waals surface area contributed by atoms with E-state index in [1.54, 1.807) is 4.90 Å². The maximum atomic E-state index is 11.8. The normalized spacial score (nSPS) is 20.2. The van der Waals surface area contributed by atoms with Gasteiger partial charge in [0.1, 0.15) is 6.61 Å². The molecule has 1 aromatic carbocycles. The average molecular weight is 269 g/mol. The summed E-state index contributed by atoms with van der Waals surface area (Å²) in [6.45, 7) is 1.82. The zero-order valence-electron chi connectivity index (χ0n) is 10.1. The van der Waals surface area contributed by atoms with Crippen molar-refractivity contribution in [2.75, 3.05) is 19.7 Å². The fourth-order valence-corrected chi connectivity index (χ4v) is 2.22. The van der Waals surface area contributed by atoms with Crippen molar-refractivity contribution in [3.8, 4) is 0 Å². The number of carbonyl (C=O) groups is 1. The van der Waals surface area contributed by atoms with Crippen molar-refractivity contribution >= 4 is 17.5 Å². The van der Waals surface area contributed by atoms with Gasteiger partial charge in [0, 0.05) is 18.1 Å². The molecular weight excluding hydrogens is 252 g/mol. The third-order valence-corrected chi connectivity index (χ3v) is 3.40. The Kier molecular flexibility index (Phi) is 4.58. The summed E-state index contributed by atoms with van der Waals surface area (Å²) in [7, 11) is 0. The van der Waals surface area contributed by atoms with Crippen molar-refractivity contribution < 1.29 is 9.53 Å². The molecule has 1 atom stereocenters. The van der Waals surface area contributed by atoms with Crippen LogP contribution in [0.5, 0.6) is 0 Å². The molecule has 4 nitrogen and oxygen atoms in total. The highest BCUT2D eigenvalue weighted by molar-refractivity contribution is 6.31. The van der Waals surface area contributed by atoms with E-state index in [9.17, 15) is 4.79 Å². The second-order valence-corrected chi connectivity index (χ2v) is 4.78. The molecule has 0 aromatic heterocycles. The van der Waals surface area contributed by atoms with Crippen LogP contribution in [0.4, 0.5) is 0 Å². The van der Waals surface area contributed by atoms with Gasteiger partial charge in [-0.25, -0.2) is 0 Å². The predicted octanol–water partition coefficient (Wildman–Crippen LogP) is 1.42. The topological polar surface area (TPSA) is 55.6 Å². The largest absolute Gasteiger partial charge is 0.367 e. The van der Waals surface area contributed by atoms with Crippen LogP contribution in [0, 0.1) is 0 Å². The first-order chi connectivity index (χ1) is 8.70. The van der Waals surface area contributed by atoms with Crippen LogP contribution < -0.4 is 5.73 Å². The number of ether oxygens (including phenoxy) is 1. The summed E-state index contributed by atoms with van der Waals surface area (Å²) >= 11 is 6.10. The van der Waals surface area contributed by atoms with Crippen molar-refractivity contribution in [2.45, 2.75) is 19.1 Å². The molecule has 1 amide bonds. The SMILES string of the molecule is NCCC1CN(Cc2ccccc2Cl)C(=O)CO1. The van der Waals surface area contributed by atoms with Crippen molar-refractivity contribution in [3.05, 3.63) is 34.9 Å². The van der Waals surface area contributed by atoms with Crippen LogP contribution in [0.2, 0.25) is 5.02 Å². The van der Waals surface area contributed by atoms with Gasteiger partial charge >= 0.3 is 0 Å². The summed E-state index contributed by atoms with van der Waals surface area (Å²) in [4.78, 5) is 13.6. The van der Waals surface area contributed by atoms with Crippen molar-refractivity contribution in [3.63, 3.8) is 0 Å². The number of nitrogens with two attached hydrogens (primary N) is 1. The molecule has 1 heterocycles. The van der Waals surface area contributed by atoms with Gasteiger partial charge in [-0.1, -0.05) is 29.8 Å².